The number of amides is 2. The minimum Gasteiger partial charge on any atom is -0.477 e. The smallest absolute Gasteiger partial charge is 0.351 e. The molecule has 3 rings (SSSR count). The number of hydrogen-bond donors (Lipinski definition) is 2. The Hall–Kier alpha value is -2.35. The summed E-state index contributed by atoms with van der Waals surface area (Å²) in [4.78, 5) is 36.6. The van der Waals surface area contributed by atoms with E-state index in [9.17, 15) is 14.4 Å². The topological polar surface area (TPSA) is 99.9 Å². The Balaban J connectivity index is 1.78. The van der Waals surface area contributed by atoms with Crippen molar-refractivity contribution in [1.29, 1.82) is 0 Å². The lowest BCUT2D eigenvalue weighted by atomic mass is 9.95. The molecule has 0 unspecified atom stereocenters. The zero-order chi connectivity index (χ0) is 17.3. The number of nitrogens with zero attached hydrogens (tertiary/aromatic N) is 1. The maximum atomic E-state index is 12.4. The lowest BCUT2D eigenvalue weighted by Crippen LogP contribution is -2.40. The fourth-order valence-corrected chi connectivity index (χ4v) is 3.87. The summed E-state index contributed by atoms with van der Waals surface area (Å²) >= 11 is 1.18. The van der Waals surface area contributed by atoms with Crippen LogP contribution in [0.15, 0.2) is 21.3 Å². The Morgan fingerprint density at radius 1 is 1.29 bits per heavy atom. The number of carboxylic acid groups (broad SMARTS) is 1. The van der Waals surface area contributed by atoms with Gasteiger partial charge in [0.2, 0.25) is 0 Å². The number of anilines is 1. The van der Waals surface area contributed by atoms with Crippen molar-refractivity contribution in [3.05, 3.63) is 28.1 Å². The number of fused-ring (bicyclic) bond motifs is 1. The first-order chi connectivity index (χ1) is 11.5. The van der Waals surface area contributed by atoms with Crippen LogP contribution in [0.5, 0.6) is 0 Å². The Morgan fingerprint density at radius 3 is 2.67 bits per heavy atom. The molecule has 7 nitrogen and oxygen atoms in total. The highest BCUT2D eigenvalue weighted by Crippen LogP contribution is 2.30. The summed E-state index contributed by atoms with van der Waals surface area (Å²) < 4.78 is 5.50. The molecular formula is C16H18N2O5S. The average molecular weight is 350 g/mol. The number of aromatic carboxylic acids is 1. The number of carbonyl (C=O) groups excluding carboxylic acids is 1. The summed E-state index contributed by atoms with van der Waals surface area (Å²) in [7, 11) is 1.78. The highest BCUT2D eigenvalue weighted by atomic mass is 32.1. The number of nitrogens with one attached hydrogen (secondary N) is 1. The third kappa shape index (κ3) is 3.28. The van der Waals surface area contributed by atoms with Gasteiger partial charge in [-0.05, 0) is 18.9 Å². The molecule has 0 aliphatic heterocycles. The zero-order valence-electron chi connectivity index (χ0n) is 13.2. The Labute approximate surface area is 141 Å². The monoisotopic (exact) mass is 350 g/mol. The molecule has 2 heterocycles. The van der Waals surface area contributed by atoms with Crippen molar-refractivity contribution < 1.29 is 19.1 Å². The molecule has 0 spiro atoms. The molecule has 0 bridgehead atoms. The summed E-state index contributed by atoms with van der Waals surface area (Å²) in [5, 5.41) is 12.3. The normalized spacial score (nSPS) is 15.4. The molecule has 2 amide bonds. The predicted molar refractivity (Wildman–Crippen MR) is 91.0 cm³/mol. The van der Waals surface area contributed by atoms with Crippen molar-refractivity contribution in [2.24, 2.45) is 0 Å². The lowest BCUT2D eigenvalue weighted by Gasteiger charge is -2.31. The van der Waals surface area contributed by atoms with E-state index in [0.717, 1.165) is 25.7 Å². The van der Waals surface area contributed by atoms with Gasteiger partial charge in [0.25, 0.3) is 0 Å². The fraction of sp³-hybridized carbons (Fsp3) is 0.438. The van der Waals surface area contributed by atoms with Crippen LogP contribution >= 0.6 is 11.3 Å². The van der Waals surface area contributed by atoms with E-state index in [1.165, 1.54) is 23.8 Å². The van der Waals surface area contributed by atoms with Crippen LogP contribution in [0.25, 0.3) is 10.3 Å². The van der Waals surface area contributed by atoms with Crippen LogP contribution in [0.3, 0.4) is 0 Å². The molecule has 2 aromatic heterocycles. The van der Waals surface area contributed by atoms with Crippen molar-refractivity contribution >= 4 is 38.6 Å². The van der Waals surface area contributed by atoms with Crippen LogP contribution < -0.4 is 10.9 Å². The van der Waals surface area contributed by atoms with E-state index in [1.54, 1.807) is 18.0 Å². The van der Waals surface area contributed by atoms with Crippen LogP contribution in [0.1, 0.15) is 42.5 Å². The van der Waals surface area contributed by atoms with Crippen molar-refractivity contribution in [2.45, 2.75) is 38.1 Å². The van der Waals surface area contributed by atoms with Gasteiger partial charge in [-0.3, -0.25) is 5.32 Å². The maximum absolute atomic E-state index is 12.4. The van der Waals surface area contributed by atoms with Gasteiger partial charge in [0.1, 0.15) is 10.6 Å². The molecule has 1 saturated carbocycles. The molecule has 1 fully saturated rings. The number of hydrogen-bond acceptors (Lipinski definition) is 5. The van der Waals surface area contributed by atoms with Gasteiger partial charge >= 0.3 is 17.6 Å². The van der Waals surface area contributed by atoms with E-state index in [1.807, 2.05) is 0 Å². The van der Waals surface area contributed by atoms with E-state index in [-0.39, 0.29) is 17.7 Å². The van der Waals surface area contributed by atoms with Crippen LogP contribution in [0.2, 0.25) is 0 Å². The lowest BCUT2D eigenvalue weighted by molar-refractivity contribution is 0.0692. The minimum atomic E-state index is -1.33. The molecule has 0 atom stereocenters. The molecule has 2 N–H and O–H groups in total. The van der Waals surface area contributed by atoms with Gasteiger partial charge in [-0.2, -0.15) is 0 Å². The molecule has 2 aromatic rings. The number of urea groups is 1. The fourth-order valence-electron chi connectivity index (χ4n) is 2.95. The first-order valence-electron chi connectivity index (χ1n) is 7.80. The van der Waals surface area contributed by atoms with Gasteiger partial charge in [-0.25, -0.2) is 14.4 Å². The first-order valence-corrected chi connectivity index (χ1v) is 8.62. The molecule has 1 aliphatic carbocycles. The zero-order valence-corrected chi connectivity index (χ0v) is 14.0. The van der Waals surface area contributed by atoms with Crippen molar-refractivity contribution in [1.82, 2.24) is 4.90 Å². The Kier molecular flexibility index (Phi) is 4.57. The van der Waals surface area contributed by atoms with Crippen molar-refractivity contribution in [3.8, 4) is 0 Å². The summed E-state index contributed by atoms with van der Waals surface area (Å²) in [6.07, 6.45) is 5.50. The van der Waals surface area contributed by atoms with Crippen LogP contribution in [-0.4, -0.2) is 35.1 Å². The number of carboxylic acids is 1. The number of carbonyl (C=O) groups is 2. The second-order valence-electron chi connectivity index (χ2n) is 5.92. The van der Waals surface area contributed by atoms with E-state index in [4.69, 9.17) is 9.52 Å². The molecule has 1 aliphatic rings. The number of rotatable bonds is 3. The molecule has 0 radical (unpaired) electrons. The van der Waals surface area contributed by atoms with Gasteiger partial charge < -0.3 is 14.4 Å². The highest BCUT2D eigenvalue weighted by Gasteiger charge is 2.23. The molecular weight excluding hydrogens is 332 g/mol. The molecule has 8 heteroatoms. The third-order valence-corrected chi connectivity index (χ3v) is 5.31. The second-order valence-corrected chi connectivity index (χ2v) is 7.01. The average Bonchev–Trinajstić information content (AvgIpc) is 2.94. The van der Waals surface area contributed by atoms with E-state index in [2.05, 4.69) is 5.32 Å². The Morgan fingerprint density at radius 2 is 2.00 bits per heavy atom. The van der Waals surface area contributed by atoms with E-state index >= 15 is 0 Å². The van der Waals surface area contributed by atoms with Crippen LogP contribution in [-0.2, 0) is 0 Å². The van der Waals surface area contributed by atoms with Gasteiger partial charge in [0, 0.05) is 19.2 Å². The third-order valence-electron chi connectivity index (χ3n) is 4.33. The molecule has 128 valence electrons. The SMILES string of the molecule is CN(C(=O)Nc1cc2oc(=O)c(C(=O)O)cc2s1)C1CCCCC1. The number of thiophene rings is 1. The minimum absolute atomic E-state index is 0.214. The van der Waals surface area contributed by atoms with Gasteiger partial charge in [0.05, 0.1) is 4.70 Å². The van der Waals surface area contributed by atoms with Gasteiger partial charge in [-0.1, -0.05) is 19.3 Å². The van der Waals surface area contributed by atoms with Gasteiger partial charge in [-0.15, -0.1) is 11.3 Å². The van der Waals surface area contributed by atoms with Crippen LogP contribution in [0, 0.1) is 0 Å². The second kappa shape index (κ2) is 6.64. The summed E-state index contributed by atoms with van der Waals surface area (Å²) in [5.41, 5.74) is -1.04. The highest BCUT2D eigenvalue weighted by molar-refractivity contribution is 7.22. The Bertz CT molecular complexity index is 835. The largest absolute Gasteiger partial charge is 0.477 e. The van der Waals surface area contributed by atoms with Gasteiger partial charge in [0.15, 0.2) is 5.58 Å². The molecule has 24 heavy (non-hydrogen) atoms. The predicted octanol–water partition coefficient (Wildman–Crippen LogP) is 3.35. The molecule has 0 aromatic carbocycles. The summed E-state index contributed by atoms with van der Waals surface area (Å²) in [6, 6.07) is 2.84. The standard InChI is InChI=1S/C16H18N2O5S/c1-18(9-5-3-2-4-6-9)16(22)17-13-8-11-12(24-13)7-10(14(19)20)15(21)23-11/h7-9H,2-6H2,1H3,(H,17,22)(H,19,20). The first kappa shape index (κ1) is 16.5. The molecule has 0 saturated heterocycles. The summed E-state index contributed by atoms with van der Waals surface area (Å²) in [5.74, 6) is -1.33. The van der Waals surface area contributed by atoms with E-state index < -0.39 is 17.2 Å². The summed E-state index contributed by atoms with van der Waals surface area (Å²) in [6.45, 7) is 0. The van der Waals surface area contributed by atoms with Crippen molar-refractivity contribution in [2.75, 3.05) is 12.4 Å². The quantitative estimate of drug-likeness (QED) is 0.884. The van der Waals surface area contributed by atoms with Crippen LogP contribution in [0.4, 0.5) is 9.80 Å². The van der Waals surface area contributed by atoms with E-state index in [0.29, 0.717) is 9.70 Å². The van der Waals surface area contributed by atoms with Crippen molar-refractivity contribution in [3.63, 3.8) is 0 Å². The maximum Gasteiger partial charge on any atom is 0.351 e.